The second-order valence-corrected chi connectivity index (χ2v) is 4.18. The van der Waals surface area contributed by atoms with Gasteiger partial charge in [-0.1, -0.05) is 17.7 Å². The number of hydrogen-bond acceptors (Lipinski definition) is 3. The lowest BCUT2D eigenvalue weighted by Gasteiger charge is -2.13. The molecule has 0 heterocycles. The lowest BCUT2D eigenvalue weighted by Crippen LogP contribution is -2.31. The first-order valence-corrected chi connectivity index (χ1v) is 5.71. The van der Waals surface area contributed by atoms with Gasteiger partial charge in [0.15, 0.2) is 6.10 Å². The van der Waals surface area contributed by atoms with Crippen LogP contribution in [-0.4, -0.2) is 24.5 Å². The molecule has 0 radical (unpaired) electrons. The van der Waals surface area contributed by atoms with E-state index in [1.54, 1.807) is 0 Å². The zero-order valence-electron chi connectivity index (χ0n) is 9.38. The summed E-state index contributed by atoms with van der Waals surface area (Å²) < 4.78 is 17.9. The molecule has 1 rings (SSSR count). The minimum absolute atomic E-state index is 0.0240. The summed E-state index contributed by atoms with van der Waals surface area (Å²) in [6, 6.07) is 4.02. The van der Waals surface area contributed by atoms with Gasteiger partial charge in [0.1, 0.15) is 5.82 Å². The largest absolute Gasteiger partial charge is 0.436 e. The Hall–Kier alpha value is -1.33. The number of amides is 1. The highest BCUT2D eigenvalue weighted by molar-refractivity contribution is 6.64. The quantitative estimate of drug-likeness (QED) is 0.868. The van der Waals surface area contributed by atoms with Gasteiger partial charge >= 0.3 is 6.09 Å². The Morgan fingerprint density at radius 1 is 1.50 bits per heavy atom. The van der Waals surface area contributed by atoms with Crippen LogP contribution >= 0.6 is 23.2 Å². The van der Waals surface area contributed by atoms with E-state index in [1.165, 1.54) is 19.2 Å². The lowest BCUT2D eigenvalue weighted by atomic mass is 10.1. The highest BCUT2D eigenvalue weighted by atomic mass is 35.5. The molecule has 4 nitrogen and oxygen atoms in total. The summed E-state index contributed by atoms with van der Waals surface area (Å²) in [5.41, 5.74) is 0.444. The predicted octanol–water partition coefficient (Wildman–Crippen LogP) is 2.51. The highest BCUT2D eigenvalue weighted by Crippen LogP contribution is 2.17. The third kappa shape index (κ3) is 4.16. The first kappa shape index (κ1) is 14.7. The number of halogens is 3. The third-order valence-corrected chi connectivity index (χ3v) is 2.66. The summed E-state index contributed by atoms with van der Waals surface area (Å²) in [6.07, 6.45) is -1.99. The Bertz CT molecular complexity index is 468. The van der Waals surface area contributed by atoms with Crippen LogP contribution in [-0.2, 0) is 16.0 Å². The first-order chi connectivity index (χ1) is 8.43. The average molecular weight is 294 g/mol. The maximum Gasteiger partial charge on any atom is 0.407 e. The number of ether oxygens (including phenoxy) is 1. The van der Waals surface area contributed by atoms with Crippen LogP contribution in [0.1, 0.15) is 5.56 Å². The Labute approximate surface area is 113 Å². The summed E-state index contributed by atoms with van der Waals surface area (Å²) in [4.78, 5) is 22.1. The molecule has 0 fully saturated rings. The van der Waals surface area contributed by atoms with E-state index in [0.29, 0.717) is 5.56 Å². The van der Waals surface area contributed by atoms with Crippen molar-refractivity contribution < 1.29 is 18.7 Å². The van der Waals surface area contributed by atoms with Crippen LogP contribution < -0.4 is 5.32 Å². The van der Waals surface area contributed by atoms with Gasteiger partial charge in [-0.15, -0.1) is 0 Å². The molecule has 7 heteroatoms. The molecule has 1 unspecified atom stereocenters. The molecule has 0 aliphatic heterocycles. The van der Waals surface area contributed by atoms with Crippen LogP contribution in [0, 0.1) is 5.82 Å². The number of hydrogen-bond donors (Lipinski definition) is 1. The molecule has 0 aliphatic carbocycles. The first-order valence-electron chi connectivity index (χ1n) is 4.95. The number of benzene rings is 1. The summed E-state index contributed by atoms with van der Waals surface area (Å²) in [6.45, 7) is 0. The van der Waals surface area contributed by atoms with Crippen LogP contribution in [0.4, 0.5) is 9.18 Å². The predicted molar refractivity (Wildman–Crippen MR) is 65.3 cm³/mol. The van der Waals surface area contributed by atoms with Crippen LogP contribution in [0.15, 0.2) is 18.2 Å². The Morgan fingerprint density at radius 3 is 2.67 bits per heavy atom. The lowest BCUT2D eigenvalue weighted by molar-refractivity contribution is -0.119. The van der Waals surface area contributed by atoms with Gasteiger partial charge in [-0.05, 0) is 29.3 Å². The van der Waals surface area contributed by atoms with Crippen molar-refractivity contribution >= 4 is 34.5 Å². The standard InChI is InChI=1S/C11H10Cl2FNO3/c1-15-11(17)18-9(10(13)16)5-6-2-3-7(12)8(14)4-6/h2-4,9H,5H2,1H3,(H,15,17). The Kier molecular flexibility index (Phi) is 5.37. The number of nitrogens with one attached hydrogen (secondary N) is 1. The van der Waals surface area contributed by atoms with E-state index in [-0.39, 0.29) is 11.4 Å². The monoisotopic (exact) mass is 293 g/mol. The van der Waals surface area contributed by atoms with Crippen molar-refractivity contribution in [3.05, 3.63) is 34.6 Å². The molecule has 0 aromatic heterocycles. The molecule has 1 atom stereocenters. The number of carbonyl (C=O) groups excluding carboxylic acids is 2. The van der Waals surface area contributed by atoms with Gasteiger partial charge in [0.05, 0.1) is 5.02 Å². The molecule has 98 valence electrons. The second kappa shape index (κ2) is 6.56. The molecule has 0 saturated heterocycles. The van der Waals surface area contributed by atoms with Gasteiger partial charge in [0.2, 0.25) is 0 Å². The SMILES string of the molecule is CNC(=O)OC(Cc1ccc(Cl)c(F)c1)C(=O)Cl. The number of rotatable bonds is 4. The minimum atomic E-state index is -1.17. The van der Waals surface area contributed by atoms with Gasteiger partial charge in [0, 0.05) is 13.5 Å². The molecule has 1 aromatic rings. The van der Waals surface area contributed by atoms with E-state index in [9.17, 15) is 14.0 Å². The smallest absolute Gasteiger partial charge is 0.407 e. The third-order valence-electron chi connectivity index (χ3n) is 2.11. The molecule has 0 spiro atoms. The van der Waals surface area contributed by atoms with E-state index in [2.05, 4.69) is 5.32 Å². The van der Waals surface area contributed by atoms with Crippen LogP contribution in [0.2, 0.25) is 5.02 Å². The van der Waals surface area contributed by atoms with Gasteiger partial charge < -0.3 is 10.1 Å². The number of alkyl carbamates (subject to hydrolysis) is 1. The zero-order valence-corrected chi connectivity index (χ0v) is 10.9. The van der Waals surface area contributed by atoms with Crippen molar-refractivity contribution in [1.29, 1.82) is 0 Å². The van der Waals surface area contributed by atoms with Crippen molar-refractivity contribution in [2.24, 2.45) is 0 Å². The second-order valence-electron chi connectivity index (χ2n) is 3.40. The molecule has 0 aliphatic rings. The molecule has 0 bridgehead atoms. The normalized spacial score (nSPS) is 11.8. The van der Waals surface area contributed by atoms with E-state index in [1.807, 2.05) is 0 Å². The molecule has 0 saturated carbocycles. The molecule has 18 heavy (non-hydrogen) atoms. The fourth-order valence-corrected chi connectivity index (χ4v) is 1.48. The van der Waals surface area contributed by atoms with Gasteiger partial charge in [-0.25, -0.2) is 9.18 Å². The van der Waals surface area contributed by atoms with E-state index in [0.717, 1.165) is 6.07 Å². The van der Waals surface area contributed by atoms with Gasteiger partial charge in [-0.3, -0.25) is 4.79 Å². The van der Waals surface area contributed by atoms with Crippen LogP contribution in [0.3, 0.4) is 0 Å². The zero-order chi connectivity index (χ0) is 13.7. The van der Waals surface area contributed by atoms with Crippen molar-refractivity contribution in [2.45, 2.75) is 12.5 Å². The van der Waals surface area contributed by atoms with Crippen LogP contribution in [0.25, 0.3) is 0 Å². The van der Waals surface area contributed by atoms with Crippen LogP contribution in [0.5, 0.6) is 0 Å². The summed E-state index contributed by atoms with van der Waals surface area (Å²) >= 11 is 10.8. The summed E-state index contributed by atoms with van der Waals surface area (Å²) in [5.74, 6) is -0.616. The molecular weight excluding hydrogens is 284 g/mol. The molecule has 1 amide bonds. The van der Waals surface area contributed by atoms with E-state index < -0.39 is 23.3 Å². The summed E-state index contributed by atoms with van der Waals surface area (Å²) in [5, 5.41) is 1.32. The molecule has 1 aromatic carbocycles. The minimum Gasteiger partial charge on any atom is -0.436 e. The topological polar surface area (TPSA) is 55.4 Å². The highest BCUT2D eigenvalue weighted by Gasteiger charge is 2.21. The maximum atomic E-state index is 13.2. The van der Waals surface area contributed by atoms with E-state index >= 15 is 0 Å². The Balaban J connectivity index is 2.80. The Morgan fingerprint density at radius 2 is 2.17 bits per heavy atom. The van der Waals surface area contributed by atoms with Crippen molar-refractivity contribution in [3.63, 3.8) is 0 Å². The number of carbonyl (C=O) groups is 2. The average Bonchev–Trinajstić information content (AvgIpc) is 2.32. The van der Waals surface area contributed by atoms with Crippen molar-refractivity contribution in [3.8, 4) is 0 Å². The molecule has 1 N–H and O–H groups in total. The van der Waals surface area contributed by atoms with Crippen molar-refractivity contribution in [2.75, 3.05) is 7.05 Å². The molecular formula is C11H10Cl2FNO3. The van der Waals surface area contributed by atoms with E-state index in [4.69, 9.17) is 27.9 Å². The maximum absolute atomic E-state index is 13.2. The van der Waals surface area contributed by atoms with Gasteiger partial charge in [0.25, 0.3) is 5.24 Å². The fourth-order valence-electron chi connectivity index (χ4n) is 1.24. The van der Waals surface area contributed by atoms with Crippen molar-refractivity contribution in [1.82, 2.24) is 5.32 Å². The fraction of sp³-hybridized carbons (Fsp3) is 0.273. The van der Waals surface area contributed by atoms with Gasteiger partial charge in [-0.2, -0.15) is 0 Å². The summed E-state index contributed by atoms with van der Waals surface area (Å²) in [7, 11) is 1.35.